The van der Waals surface area contributed by atoms with E-state index < -0.39 is 0 Å². The number of benzene rings is 13. The molecule has 664 valence electrons. The summed E-state index contributed by atoms with van der Waals surface area (Å²) in [5.74, 6) is 2.97. The van der Waals surface area contributed by atoms with E-state index in [0.29, 0.717) is 34.8 Å². The lowest BCUT2D eigenvalue weighted by molar-refractivity contribution is 1.06. The maximum atomic E-state index is 5.29. The lowest BCUT2D eigenvalue weighted by atomic mass is 9.95. The summed E-state index contributed by atoms with van der Waals surface area (Å²) in [6, 6.07) is 149. The average Bonchev–Trinajstić information content (AvgIpc) is 0.756. The Balaban J connectivity index is 0.000000118. The van der Waals surface area contributed by atoms with E-state index in [2.05, 4.69) is 270 Å². The topological polar surface area (TPSA) is 206 Å². The summed E-state index contributed by atoms with van der Waals surface area (Å²) >= 11 is 0. The summed E-state index contributed by atoms with van der Waals surface area (Å²) < 4.78 is 0. The van der Waals surface area contributed by atoms with Gasteiger partial charge in [0.2, 0.25) is 0 Å². The zero-order chi connectivity index (χ0) is 94.5. The second kappa shape index (κ2) is 38.4. The molecule has 12 aromatic heterocycles. The molecule has 0 spiro atoms. The number of pyridine rings is 9. The fourth-order valence-corrected chi connectivity index (χ4v) is 18.0. The van der Waals surface area contributed by atoms with Crippen LogP contribution in [0.3, 0.4) is 0 Å². The number of hydrogen-bond donors (Lipinski definition) is 0. The monoisotopic (exact) mass is 1810 g/mol. The second-order valence-electron chi connectivity index (χ2n) is 34.5. The Kier molecular flexibility index (Phi) is 23.4. The number of nitrogens with zero attached hydrogens (tertiary/aromatic N) is 16. The summed E-state index contributed by atoms with van der Waals surface area (Å²) in [5.41, 5.74) is 34.4. The molecule has 141 heavy (non-hydrogen) atoms. The third-order valence-electron chi connectivity index (χ3n) is 25.1. The molecule has 13 aromatic carbocycles. The van der Waals surface area contributed by atoms with Crippen LogP contribution >= 0.6 is 0 Å². The quantitative estimate of drug-likeness (QED) is 0.0825. The zero-order valence-corrected chi connectivity index (χ0v) is 77.0. The van der Waals surface area contributed by atoms with Gasteiger partial charge in [0.05, 0.1) is 78.7 Å². The summed E-state index contributed by atoms with van der Waals surface area (Å²) in [4.78, 5) is 78.3. The summed E-state index contributed by atoms with van der Waals surface area (Å²) in [6.45, 7) is 6.07. The van der Waals surface area contributed by atoms with Crippen LogP contribution in [0.25, 0.3) is 246 Å². The molecule has 16 nitrogen and oxygen atoms in total. The van der Waals surface area contributed by atoms with Gasteiger partial charge in [0.1, 0.15) is 11.4 Å². The molecule has 25 aromatic rings. The number of aromatic nitrogens is 16. The van der Waals surface area contributed by atoms with Crippen molar-refractivity contribution in [3.05, 3.63) is 472 Å². The van der Waals surface area contributed by atoms with Gasteiger partial charge in [0, 0.05) is 118 Å². The third-order valence-corrected chi connectivity index (χ3v) is 25.1. The first-order valence-electron chi connectivity index (χ1n) is 46.7. The fraction of sp³-hybridized carbons (Fsp3) is 0.0240. The molecule has 0 saturated heterocycles. The Morgan fingerprint density at radius 3 is 0.780 bits per heavy atom. The van der Waals surface area contributed by atoms with Gasteiger partial charge in [-0.15, -0.1) is 0 Å². The lowest BCUT2D eigenvalue weighted by Crippen LogP contribution is -2.01. The van der Waals surface area contributed by atoms with Gasteiger partial charge < -0.3 is 0 Å². The van der Waals surface area contributed by atoms with Crippen molar-refractivity contribution in [1.29, 1.82) is 0 Å². The Hall–Kier alpha value is -19.1. The predicted octanol–water partition coefficient (Wildman–Crippen LogP) is 29.9. The molecule has 0 saturated carbocycles. The summed E-state index contributed by atoms with van der Waals surface area (Å²) in [7, 11) is 0. The molecule has 0 atom stereocenters. The highest BCUT2D eigenvalue weighted by atomic mass is 15.0. The van der Waals surface area contributed by atoms with Gasteiger partial charge in [0.25, 0.3) is 0 Å². The number of fused-ring (bicyclic) bond motifs is 9. The summed E-state index contributed by atoms with van der Waals surface area (Å²) in [5, 5.41) is 6.39. The van der Waals surface area contributed by atoms with Crippen molar-refractivity contribution in [2.45, 2.75) is 20.8 Å². The minimum absolute atomic E-state index is 0.533. The molecule has 0 bridgehead atoms. The number of aryl methyl sites for hydroxylation is 3. The molecule has 12 heterocycles. The van der Waals surface area contributed by atoms with E-state index in [0.717, 1.165) is 223 Å². The van der Waals surface area contributed by atoms with Crippen molar-refractivity contribution in [3.63, 3.8) is 0 Å². The van der Waals surface area contributed by atoms with Crippen LogP contribution in [0.2, 0.25) is 0 Å². The molecule has 16 heteroatoms. The minimum atomic E-state index is 0.533. The molecule has 0 unspecified atom stereocenters. The first kappa shape index (κ1) is 86.1. The van der Waals surface area contributed by atoms with Crippen LogP contribution in [0, 0.1) is 20.8 Å². The average molecular weight is 1810 g/mol. The minimum Gasteiger partial charge on any atom is -0.255 e. The number of rotatable bonds is 16. The van der Waals surface area contributed by atoms with Gasteiger partial charge in [-0.05, 0) is 156 Å². The van der Waals surface area contributed by atoms with Crippen molar-refractivity contribution in [2.75, 3.05) is 0 Å². The SMILES string of the molecule is Cc1ccc2ccc3c(-c4ccc(-c5cc(-c6ccccc6)nc(-c6ccccn6)n5)cc4)cc(-c4cccc(-c5ccccc5)c4)nc3c2n1.Cc1ccc2ccc3c(-c4ccc(-c5nc(-c6ccccc6)cc(-c6ccccn6)n5)cc4)cc(-c4ccccc4)nc3c2n1.Cc1ccc2ccc3c(-c4ccc(-c5nc(-c6ccccc6)nc(-c6ccccn6)n5)cc4)cc(-c4ccccc4)nc3c2n1. The van der Waals surface area contributed by atoms with Crippen molar-refractivity contribution >= 4 is 65.4 Å². The Labute approximate surface area is 813 Å². The highest BCUT2D eigenvalue weighted by Gasteiger charge is 2.23. The molecule has 0 amide bonds. The van der Waals surface area contributed by atoms with Gasteiger partial charge in [-0.2, -0.15) is 0 Å². The first-order chi connectivity index (χ1) is 69.5. The van der Waals surface area contributed by atoms with Crippen LogP contribution in [0.15, 0.2) is 455 Å². The first-order valence-corrected chi connectivity index (χ1v) is 46.7. The van der Waals surface area contributed by atoms with E-state index >= 15 is 0 Å². The van der Waals surface area contributed by atoms with Crippen molar-refractivity contribution in [1.82, 2.24) is 79.7 Å². The van der Waals surface area contributed by atoms with E-state index in [9.17, 15) is 0 Å². The maximum absolute atomic E-state index is 5.29. The Morgan fingerprint density at radius 1 is 0.135 bits per heavy atom. The van der Waals surface area contributed by atoms with Crippen LogP contribution in [0.5, 0.6) is 0 Å². The zero-order valence-electron chi connectivity index (χ0n) is 77.0. The third kappa shape index (κ3) is 18.2. The van der Waals surface area contributed by atoms with Crippen LogP contribution in [-0.2, 0) is 0 Å². The standard InChI is InChI=1S/C46H31N5.C40H27N5.C39H26N6/c1-30-18-19-35-24-25-38-39(28-41(49-45(38)44(35)48-30)37-16-10-15-36(27-37)31-11-4-2-5-12-31)32-20-22-34(23-21-32)43-29-42(33-13-6-3-7-14-33)50-46(51-43)40-17-8-9-26-47-40;1-26-15-16-30-21-22-32-33(24-35(28-10-4-2-5-11-28)43-39(32)38(30)42-26)27-17-19-31(20-18-27)40-44-36(29-12-6-3-7-13-29)25-37(45-40)34-14-8-9-23-41-34;1-25-15-16-28-21-22-31-32(24-34(27-10-4-2-5-11-27)42-36(31)35(28)41-25)26-17-19-30(20-18-26)38-43-37(29-12-6-3-7-13-29)44-39(45-38)33-14-8-9-23-40-33/h2-29H,1H3;2-25H,1H3;2-24H,1H3. The van der Waals surface area contributed by atoms with E-state index in [1.165, 1.54) is 5.56 Å². The van der Waals surface area contributed by atoms with Gasteiger partial charge in [-0.25, -0.2) is 49.8 Å². The molecule has 0 radical (unpaired) electrons. The molecule has 0 aliphatic heterocycles. The Morgan fingerprint density at radius 2 is 0.397 bits per heavy atom. The second-order valence-corrected chi connectivity index (χ2v) is 34.5. The van der Waals surface area contributed by atoms with Crippen molar-refractivity contribution in [3.8, 4) is 181 Å². The molecular weight excluding hydrogens is 1730 g/mol. The molecule has 0 aliphatic carbocycles. The molecule has 25 rings (SSSR count). The normalized spacial score (nSPS) is 11.2. The van der Waals surface area contributed by atoms with E-state index in [4.69, 9.17) is 64.8 Å². The maximum Gasteiger partial charge on any atom is 0.182 e. The molecule has 0 fully saturated rings. The number of hydrogen-bond acceptors (Lipinski definition) is 16. The summed E-state index contributed by atoms with van der Waals surface area (Å²) in [6.07, 6.45) is 5.31. The van der Waals surface area contributed by atoms with Crippen LogP contribution in [-0.4, -0.2) is 79.7 Å². The van der Waals surface area contributed by atoms with Crippen molar-refractivity contribution < 1.29 is 0 Å². The van der Waals surface area contributed by atoms with E-state index in [1.807, 2.05) is 203 Å². The van der Waals surface area contributed by atoms with Gasteiger partial charge in [-0.3, -0.25) is 29.9 Å². The van der Waals surface area contributed by atoms with Gasteiger partial charge in [0.15, 0.2) is 29.1 Å². The fourth-order valence-electron chi connectivity index (χ4n) is 18.0. The van der Waals surface area contributed by atoms with Crippen LogP contribution in [0.1, 0.15) is 17.1 Å². The van der Waals surface area contributed by atoms with Crippen LogP contribution < -0.4 is 0 Å². The lowest BCUT2D eigenvalue weighted by Gasteiger charge is -2.14. The van der Waals surface area contributed by atoms with E-state index in [-0.39, 0.29) is 0 Å². The molecular formula is C125H84N16. The van der Waals surface area contributed by atoms with Crippen molar-refractivity contribution in [2.24, 2.45) is 0 Å². The van der Waals surface area contributed by atoms with Gasteiger partial charge >= 0.3 is 0 Å². The Bertz CT molecular complexity index is 8430. The predicted molar refractivity (Wildman–Crippen MR) is 570 cm³/mol. The smallest absolute Gasteiger partial charge is 0.182 e. The molecule has 0 N–H and O–H groups in total. The highest BCUT2D eigenvalue weighted by Crippen LogP contribution is 2.43. The molecule has 0 aliphatic rings. The highest BCUT2D eigenvalue weighted by molar-refractivity contribution is 6.12. The van der Waals surface area contributed by atoms with Gasteiger partial charge in [-0.1, -0.05) is 346 Å². The van der Waals surface area contributed by atoms with Crippen LogP contribution in [0.4, 0.5) is 0 Å². The largest absolute Gasteiger partial charge is 0.255 e. The van der Waals surface area contributed by atoms with E-state index in [1.54, 1.807) is 18.6 Å².